The summed E-state index contributed by atoms with van der Waals surface area (Å²) in [6, 6.07) is 13.9. The first kappa shape index (κ1) is 30.7. The summed E-state index contributed by atoms with van der Waals surface area (Å²) < 4.78 is 11.2. The lowest BCUT2D eigenvalue weighted by Gasteiger charge is -2.73. The largest absolute Gasteiger partial charge is 0.388 e. The third-order valence-corrected chi connectivity index (χ3v) is 13.6. The number of benzene rings is 2. The van der Waals surface area contributed by atoms with E-state index >= 15 is 0 Å². The Kier molecular flexibility index (Phi) is 7.55. The minimum Gasteiger partial charge on any atom is -0.388 e. The number of hydrogen-bond donors (Lipinski definition) is 0. The van der Waals surface area contributed by atoms with E-state index in [9.17, 15) is 10.5 Å². The van der Waals surface area contributed by atoms with Crippen molar-refractivity contribution in [3.05, 3.63) is 58.7 Å². The van der Waals surface area contributed by atoms with Gasteiger partial charge in [-0.05, 0) is 138 Å². The van der Waals surface area contributed by atoms with Gasteiger partial charge in [-0.15, -0.1) is 10.5 Å². The molecule has 0 saturated heterocycles. The molecule has 4 heteroatoms. The Balaban J connectivity index is 1.38. The van der Waals surface area contributed by atoms with E-state index in [2.05, 4.69) is 64.1 Å². The predicted molar refractivity (Wildman–Crippen MR) is 178 cm³/mol. The summed E-state index contributed by atoms with van der Waals surface area (Å²) in [4.78, 5) is 0. The van der Waals surface area contributed by atoms with Crippen LogP contribution in [0.2, 0.25) is 0 Å². The molecule has 2 aromatic carbocycles. The molecule has 0 spiro atoms. The van der Waals surface area contributed by atoms with E-state index in [1.54, 1.807) is 0 Å². The van der Waals surface area contributed by atoms with Crippen molar-refractivity contribution < 1.29 is 9.47 Å². The van der Waals surface area contributed by atoms with E-state index in [1.165, 1.54) is 125 Å². The van der Waals surface area contributed by atoms with Crippen LogP contribution in [0.4, 0.5) is 0 Å². The normalized spacial score (nSPS) is 33.4. The van der Waals surface area contributed by atoms with Crippen molar-refractivity contribution >= 4 is 0 Å². The molecule has 0 amide bonds. The van der Waals surface area contributed by atoms with E-state index in [0.717, 1.165) is 11.5 Å². The first-order chi connectivity index (χ1) is 21.5. The van der Waals surface area contributed by atoms with Crippen molar-refractivity contribution in [2.45, 2.75) is 153 Å². The number of nitriles is 2. The summed E-state index contributed by atoms with van der Waals surface area (Å²) in [5.74, 6) is 2.50. The van der Waals surface area contributed by atoms with Crippen LogP contribution in [0.15, 0.2) is 36.4 Å². The van der Waals surface area contributed by atoms with Gasteiger partial charge in [-0.25, -0.2) is 0 Å². The molecule has 0 radical (unpaired) electrons. The Morgan fingerprint density at radius 2 is 1.07 bits per heavy atom. The van der Waals surface area contributed by atoms with Crippen LogP contribution in [-0.2, 0) is 10.8 Å². The average Bonchev–Trinajstić information content (AvgIpc) is 3.01. The lowest BCUT2D eigenvalue weighted by atomic mass is 9.31. The lowest BCUT2D eigenvalue weighted by Crippen LogP contribution is -2.66. The Bertz CT molecular complexity index is 1430. The molecule has 4 bridgehead atoms. The topological polar surface area (TPSA) is 66.0 Å². The highest BCUT2D eigenvalue weighted by Gasteiger charge is 2.69. The van der Waals surface area contributed by atoms with Gasteiger partial charge in [-0.1, -0.05) is 90.5 Å². The molecule has 2 unspecified atom stereocenters. The van der Waals surface area contributed by atoms with Gasteiger partial charge < -0.3 is 9.47 Å². The Morgan fingerprint density at radius 1 is 0.622 bits per heavy atom. The summed E-state index contributed by atoms with van der Waals surface area (Å²) >= 11 is 0. The number of hydrogen-bond acceptors (Lipinski definition) is 4. The zero-order valence-corrected chi connectivity index (χ0v) is 28.1. The summed E-state index contributed by atoms with van der Waals surface area (Å²) in [7, 11) is 0. The molecule has 238 valence electrons. The molecule has 6 saturated carbocycles. The summed E-state index contributed by atoms with van der Waals surface area (Å²) in [5, 5.41) is 19.1. The van der Waals surface area contributed by atoms with Gasteiger partial charge in [0, 0.05) is 0 Å². The van der Waals surface area contributed by atoms with E-state index in [4.69, 9.17) is 9.47 Å². The van der Waals surface area contributed by atoms with Crippen LogP contribution in [0.25, 0.3) is 0 Å². The van der Waals surface area contributed by atoms with Crippen molar-refractivity contribution in [2.75, 3.05) is 0 Å². The van der Waals surface area contributed by atoms with Crippen molar-refractivity contribution in [2.24, 2.45) is 16.2 Å². The van der Waals surface area contributed by atoms with Crippen LogP contribution in [0.5, 0.6) is 11.5 Å². The monoisotopic (exact) mass is 604 g/mol. The molecule has 8 rings (SSSR count). The van der Waals surface area contributed by atoms with Gasteiger partial charge in [0.2, 0.25) is 0 Å². The molecular formula is C41H52N2O2. The van der Waals surface area contributed by atoms with E-state index in [0.29, 0.717) is 11.8 Å². The maximum Gasteiger partial charge on any atom is 0.292 e. The minimum absolute atomic E-state index is 0.0815. The Morgan fingerprint density at radius 3 is 1.47 bits per heavy atom. The summed E-state index contributed by atoms with van der Waals surface area (Å²) in [6.45, 7) is 10.1. The van der Waals surface area contributed by atoms with Gasteiger partial charge in [0.15, 0.2) is 0 Å². The third kappa shape index (κ3) is 5.16. The molecule has 45 heavy (non-hydrogen) atoms. The average molecular weight is 605 g/mol. The maximum atomic E-state index is 9.53. The van der Waals surface area contributed by atoms with Crippen LogP contribution in [0.1, 0.15) is 165 Å². The molecule has 6 aliphatic carbocycles. The molecule has 0 N–H and O–H groups in total. The maximum absolute atomic E-state index is 9.53. The van der Waals surface area contributed by atoms with Gasteiger partial charge in [-0.2, -0.15) is 0 Å². The third-order valence-electron chi connectivity index (χ3n) is 13.6. The highest BCUT2D eigenvalue weighted by molar-refractivity contribution is 5.49. The van der Waals surface area contributed by atoms with Gasteiger partial charge in [0.05, 0.1) is 0 Å². The van der Waals surface area contributed by atoms with Crippen molar-refractivity contribution in [3.8, 4) is 24.0 Å². The van der Waals surface area contributed by atoms with Crippen LogP contribution in [0.3, 0.4) is 0 Å². The first-order valence-electron chi connectivity index (χ1n) is 17.9. The van der Waals surface area contributed by atoms with E-state index in [-0.39, 0.29) is 27.1 Å². The van der Waals surface area contributed by atoms with E-state index in [1.807, 2.05) is 12.5 Å². The van der Waals surface area contributed by atoms with Gasteiger partial charge in [0.1, 0.15) is 11.5 Å². The molecular weight excluding hydrogens is 552 g/mol. The second kappa shape index (κ2) is 11.1. The number of ether oxygens (including phenoxy) is 2. The van der Waals surface area contributed by atoms with Gasteiger partial charge in [-0.3, -0.25) is 0 Å². The highest BCUT2D eigenvalue weighted by Crippen LogP contribution is 2.77. The molecule has 2 aromatic rings. The van der Waals surface area contributed by atoms with Crippen LogP contribution >= 0.6 is 0 Å². The minimum atomic E-state index is 0.0815. The zero-order valence-electron chi connectivity index (χ0n) is 28.1. The zero-order chi connectivity index (χ0) is 31.5. The highest BCUT2D eigenvalue weighted by atomic mass is 16.5. The molecule has 2 atom stereocenters. The van der Waals surface area contributed by atoms with Crippen molar-refractivity contribution in [1.29, 1.82) is 10.5 Å². The van der Waals surface area contributed by atoms with Crippen molar-refractivity contribution in [1.82, 2.24) is 0 Å². The SMILES string of the molecule is CC12CC3(c4ccc(OC#N)c(C5CCCCC5)c4)CC(c4ccc(OC#N)c(C5CCCCC5)c4)(C1)CC(C(C)(C)C)(C2)C3. The van der Waals surface area contributed by atoms with Gasteiger partial charge in [0.25, 0.3) is 12.5 Å². The van der Waals surface area contributed by atoms with Crippen LogP contribution < -0.4 is 9.47 Å². The summed E-state index contributed by atoms with van der Waals surface area (Å²) in [6.07, 6.45) is 23.8. The first-order valence-corrected chi connectivity index (χ1v) is 17.9. The predicted octanol–water partition coefficient (Wildman–Crippen LogP) is 11.1. The fourth-order valence-corrected chi connectivity index (χ4v) is 12.1. The molecule has 0 heterocycles. The summed E-state index contributed by atoms with van der Waals surface area (Å²) in [5.41, 5.74) is 6.33. The fourth-order valence-electron chi connectivity index (χ4n) is 12.1. The Labute approximate surface area is 271 Å². The van der Waals surface area contributed by atoms with Crippen molar-refractivity contribution in [3.63, 3.8) is 0 Å². The number of nitrogens with zero attached hydrogens (tertiary/aromatic N) is 2. The molecule has 6 aliphatic rings. The standard InChI is InChI=1S/C41H52N2O2/c1-37(2,3)41-23-38(4)21-39(25-41,31-15-17-35(44-27-42)33(19-31)29-11-7-5-8-12-29)24-40(22-38,26-41)32-16-18-36(45-28-43)34(20-32)30-13-9-6-10-14-30/h15-20,29-30H,5-14,21-26H2,1-4H3. The fraction of sp³-hybridized carbons (Fsp3) is 0.659. The lowest BCUT2D eigenvalue weighted by molar-refractivity contribution is -0.176. The van der Waals surface area contributed by atoms with E-state index < -0.39 is 0 Å². The second-order valence-electron chi connectivity index (χ2n) is 17.5. The molecule has 6 fully saturated rings. The molecule has 0 aliphatic heterocycles. The Hall–Kier alpha value is -2.98. The molecule has 4 nitrogen and oxygen atoms in total. The van der Waals surface area contributed by atoms with Gasteiger partial charge >= 0.3 is 0 Å². The quantitative estimate of drug-likeness (QED) is 0.308. The number of rotatable bonds is 6. The van der Waals surface area contributed by atoms with Crippen LogP contribution in [0, 0.1) is 39.3 Å². The molecule has 0 aromatic heterocycles. The smallest absolute Gasteiger partial charge is 0.292 e. The van der Waals surface area contributed by atoms with Crippen LogP contribution in [-0.4, -0.2) is 0 Å². The second-order valence-corrected chi connectivity index (χ2v) is 17.5.